The van der Waals surface area contributed by atoms with Crippen LogP contribution in [0.25, 0.3) is 0 Å². The van der Waals surface area contributed by atoms with E-state index in [-0.39, 0.29) is 10.6 Å². The highest BCUT2D eigenvalue weighted by Gasteiger charge is 2.34. The molecule has 2 aromatic rings. The second-order valence-electron chi connectivity index (χ2n) is 4.50. The van der Waals surface area contributed by atoms with Gasteiger partial charge in [0, 0.05) is 36.6 Å². The SMILES string of the molecule is Cn1cc(CNc2ccc(C(F)(F)F)c(C(N)=S)c2)cn1. The van der Waals surface area contributed by atoms with Crippen molar-refractivity contribution in [1.29, 1.82) is 0 Å². The molecule has 0 aliphatic rings. The van der Waals surface area contributed by atoms with Gasteiger partial charge in [0.25, 0.3) is 0 Å². The number of halogens is 3. The van der Waals surface area contributed by atoms with E-state index in [1.165, 1.54) is 12.1 Å². The van der Waals surface area contributed by atoms with Gasteiger partial charge >= 0.3 is 6.18 Å². The minimum Gasteiger partial charge on any atom is -0.389 e. The summed E-state index contributed by atoms with van der Waals surface area (Å²) in [5.74, 6) is 0. The van der Waals surface area contributed by atoms with E-state index in [1.54, 1.807) is 17.9 Å². The van der Waals surface area contributed by atoms with E-state index in [4.69, 9.17) is 18.0 Å². The number of benzene rings is 1. The smallest absolute Gasteiger partial charge is 0.389 e. The normalized spacial score (nSPS) is 11.4. The Labute approximate surface area is 124 Å². The number of hydrogen-bond acceptors (Lipinski definition) is 3. The standard InChI is InChI=1S/C13H13F3N4S/c1-20-7-8(6-19-20)5-18-9-2-3-11(13(14,15)16)10(4-9)12(17)21/h2-4,6-7,18H,5H2,1H3,(H2,17,21). The Balaban J connectivity index is 2.22. The molecule has 0 saturated heterocycles. The van der Waals surface area contributed by atoms with E-state index in [0.717, 1.165) is 11.6 Å². The molecule has 4 nitrogen and oxygen atoms in total. The molecule has 8 heteroatoms. The van der Waals surface area contributed by atoms with Crippen LogP contribution >= 0.6 is 12.2 Å². The Hall–Kier alpha value is -2.09. The number of nitrogens with zero attached hydrogens (tertiary/aromatic N) is 2. The van der Waals surface area contributed by atoms with Crippen LogP contribution < -0.4 is 11.1 Å². The quantitative estimate of drug-likeness (QED) is 0.852. The summed E-state index contributed by atoms with van der Waals surface area (Å²) in [5.41, 5.74) is 5.78. The molecule has 1 aromatic heterocycles. The lowest BCUT2D eigenvalue weighted by Crippen LogP contribution is -2.18. The maximum atomic E-state index is 12.8. The van der Waals surface area contributed by atoms with Crippen LogP contribution in [0, 0.1) is 0 Å². The Kier molecular flexibility index (Phi) is 4.17. The lowest BCUT2D eigenvalue weighted by molar-refractivity contribution is -0.137. The monoisotopic (exact) mass is 314 g/mol. The van der Waals surface area contributed by atoms with Crippen molar-refractivity contribution in [2.45, 2.75) is 12.7 Å². The number of nitrogens with two attached hydrogens (primary N) is 1. The number of anilines is 1. The molecule has 0 atom stereocenters. The molecule has 3 N–H and O–H groups in total. The molecule has 0 amide bonds. The maximum Gasteiger partial charge on any atom is 0.417 e. The summed E-state index contributed by atoms with van der Waals surface area (Å²) in [6, 6.07) is 3.63. The van der Waals surface area contributed by atoms with Crippen LogP contribution in [0.4, 0.5) is 18.9 Å². The lowest BCUT2D eigenvalue weighted by Gasteiger charge is -2.14. The lowest BCUT2D eigenvalue weighted by atomic mass is 10.1. The van der Waals surface area contributed by atoms with Gasteiger partial charge in [0.2, 0.25) is 0 Å². The van der Waals surface area contributed by atoms with E-state index >= 15 is 0 Å². The topological polar surface area (TPSA) is 55.9 Å². The Morgan fingerprint density at radius 1 is 1.43 bits per heavy atom. The molecule has 0 radical (unpaired) electrons. The molecular weight excluding hydrogens is 301 g/mol. The average Bonchev–Trinajstić information content (AvgIpc) is 2.80. The van der Waals surface area contributed by atoms with Crippen LogP contribution in [0.2, 0.25) is 0 Å². The fraction of sp³-hybridized carbons (Fsp3) is 0.231. The van der Waals surface area contributed by atoms with Crippen molar-refractivity contribution < 1.29 is 13.2 Å². The molecule has 1 aromatic carbocycles. The minimum absolute atomic E-state index is 0.186. The molecule has 21 heavy (non-hydrogen) atoms. The van der Waals surface area contributed by atoms with Crippen molar-refractivity contribution >= 4 is 22.9 Å². The fourth-order valence-corrected chi connectivity index (χ4v) is 2.04. The number of thiocarbonyl (C=S) groups is 1. The zero-order valence-corrected chi connectivity index (χ0v) is 11.9. The molecule has 0 unspecified atom stereocenters. The van der Waals surface area contributed by atoms with Gasteiger partial charge in [0.05, 0.1) is 11.8 Å². The van der Waals surface area contributed by atoms with Gasteiger partial charge in [-0.3, -0.25) is 4.68 Å². The molecule has 0 fully saturated rings. The summed E-state index contributed by atoms with van der Waals surface area (Å²) in [4.78, 5) is -0.285. The van der Waals surface area contributed by atoms with E-state index in [0.29, 0.717) is 12.2 Å². The summed E-state index contributed by atoms with van der Waals surface area (Å²) in [5, 5.41) is 7.02. The second kappa shape index (κ2) is 5.72. The van der Waals surface area contributed by atoms with Crippen molar-refractivity contribution in [3.8, 4) is 0 Å². The van der Waals surface area contributed by atoms with Gasteiger partial charge in [-0.25, -0.2) is 0 Å². The van der Waals surface area contributed by atoms with E-state index < -0.39 is 11.7 Å². The fourth-order valence-electron chi connectivity index (χ4n) is 1.87. The first-order valence-corrected chi connectivity index (χ1v) is 6.40. The molecule has 0 bridgehead atoms. The third kappa shape index (κ3) is 3.72. The van der Waals surface area contributed by atoms with Crippen LogP contribution in [0.15, 0.2) is 30.6 Å². The molecule has 1 heterocycles. The first-order chi connectivity index (χ1) is 9.77. The van der Waals surface area contributed by atoms with Crippen LogP contribution in [-0.4, -0.2) is 14.8 Å². The maximum absolute atomic E-state index is 12.8. The Morgan fingerprint density at radius 3 is 2.67 bits per heavy atom. The van der Waals surface area contributed by atoms with Gasteiger partial charge < -0.3 is 11.1 Å². The third-order valence-electron chi connectivity index (χ3n) is 2.85. The van der Waals surface area contributed by atoms with Crippen molar-refractivity contribution in [2.75, 3.05) is 5.32 Å². The number of nitrogens with one attached hydrogen (secondary N) is 1. The number of hydrogen-bond donors (Lipinski definition) is 2. The summed E-state index contributed by atoms with van der Waals surface area (Å²) >= 11 is 4.70. The van der Waals surface area contributed by atoms with Crippen LogP contribution in [-0.2, 0) is 19.8 Å². The van der Waals surface area contributed by atoms with Crippen molar-refractivity contribution in [1.82, 2.24) is 9.78 Å². The Bertz CT molecular complexity index is 664. The molecule has 0 saturated carbocycles. The number of aryl methyl sites for hydroxylation is 1. The summed E-state index contributed by atoms with van der Waals surface area (Å²) in [6.07, 6.45) is -1.00. The highest BCUT2D eigenvalue weighted by molar-refractivity contribution is 7.80. The van der Waals surface area contributed by atoms with E-state index in [1.807, 2.05) is 6.20 Å². The van der Waals surface area contributed by atoms with E-state index in [2.05, 4.69) is 10.4 Å². The van der Waals surface area contributed by atoms with Crippen LogP contribution in [0.1, 0.15) is 16.7 Å². The summed E-state index contributed by atoms with van der Waals surface area (Å²) in [7, 11) is 1.78. The van der Waals surface area contributed by atoms with Gasteiger partial charge in [-0.15, -0.1) is 0 Å². The zero-order valence-electron chi connectivity index (χ0n) is 11.1. The van der Waals surface area contributed by atoms with Gasteiger partial charge in [-0.05, 0) is 18.2 Å². The van der Waals surface area contributed by atoms with Gasteiger partial charge in [0.15, 0.2) is 0 Å². The van der Waals surface area contributed by atoms with Crippen molar-refractivity contribution in [2.24, 2.45) is 12.8 Å². The highest BCUT2D eigenvalue weighted by Crippen LogP contribution is 2.33. The first-order valence-electron chi connectivity index (χ1n) is 6.00. The van der Waals surface area contributed by atoms with Crippen LogP contribution in [0.5, 0.6) is 0 Å². The molecule has 0 aliphatic carbocycles. The number of aromatic nitrogens is 2. The number of alkyl halides is 3. The minimum atomic E-state index is -4.49. The van der Waals surface area contributed by atoms with Gasteiger partial charge in [0.1, 0.15) is 4.99 Å². The predicted octanol–water partition coefficient (Wildman–Crippen LogP) is 2.69. The third-order valence-corrected chi connectivity index (χ3v) is 3.07. The van der Waals surface area contributed by atoms with Gasteiger partial charge in [-0.2, -0.15) is 18.3 Å². The summed E-state index contributed by atoms with van der Waals surface area (Å²) in [6.45, 7) is 0.440. The molecule has 112 valence electrons. The van der Waals surface area contributed by atoms with Gasteiger partial charge in [-0.1, -0.05) is 12.2 Å². The highest BCUT2D eigenvalue weighted by atomic mass is 32.1. The largest absolute Gasteiger partial charge is 0.417 e. The second-order valence-corrected chi connectivity index (χ2v) is 4.94. The van der Waals surface area contributed by atoms with E-state index in [9.17, 15) is 13.2 Å². The summed E-state index contributed by atoms with van der Waals surface area (Å²) < 4.78 is 40.2. The molecular formula is C13H13F3N4S. The molecule has 2 rings (SSSR count). The molecule has 0 spiro atoms. The Morgan fingerprint density at radius 2 is 2.14 bits per heavy atom. The van der Waals surface area contributed by atoms with Crippen molar-refractivity contribution in [3.05, 3.63) is 47.3 Å². The molecule has 0 aliphatic heterocycles. The van der Waals surface area contributed by atoms with Crippen molar-refractivity contribution in [3.63, 3.8) is 0 Å². The number of rotatable bonds is 4. The van der Waals surface area contributed by atoms with Crippen LogP contribution in [0.3, 0.4) is 0 Å². The average molecular weight is 314 g/mol. The zero-order chi connectivity index (χ0) is 15.6. The first kappa shape index (κ1) is 15.3. The predicted molar refractivity (Wildman–Crippen MR) is 77.9 cm³/mol.